The van der Waals surface area contributed by atoms with Gasteiger partial charge in [0.15, 0.2) is 0 Å². The lowest BCUT2D eigenvalue weighted by Crippen LogP contribution is -2.20. The van der Waals surface area contributed by atoms with E-state index in [0.717, 1.165) is 19.0 Å². The molecule has 0 atom stereocenters. The van der Waals surface area contributed by atoms with E-state index in [1.807, 2.05) is 0 Å². The second kappa shape index (κ2) is 6.20. The van der Waals surface area contributed by atoms with Gasteiger partial charge in [-0.25, -0.2) is 0 Å². The molecule has 1 aromatic heterocycles. The van der Waals surface area contributed by atoms with Gasteiger partial charge in [0.25, 0.3) is 0 Å². The van der Waals surface area contributed by atoms with Gasteiger partial charge < -0.3 is 4.90 Å². The van der Waals surface area contributed by atoms with Gasteiger partial charge in [-0.05, 0) is 44.3 Å². The van der Waals surface area contributed by atoms with Crippen LogP contribution in [0.2, 0.25) is 0 Å². The zero-order valence-corrected chi connectivity index (χ0v) is 11.2. The fourth-order valence-electron chi connectivity index (χ4n) is 2.94. The van der Waals surface area contributed by atoms with E-state index in [1.54, 1.807) is 0 Å². The van der Waals surface area contributed by atoms with Gasteiger partial charge in [-0.1, -0.05) is 26.2 Å². The van der Waals surface area contributed by atoms with Crippen LogP contribution in [-0.2, 0) is 6.54 Å². The van der Waals surface area contributed by atoms with Crippen molar-refractivity contribution >= 4 is 0 Å². The fourth-order valence-corrected chi connectivity index (χ4v) is 2.94. The minimum absolute atomic E-state index is 0.757. The molecule has 0 unspecified atom stereocenters. The molecule has 2 rings (SSSR count). The number of aromatic amines is 1. The van der Waals surface area contributed by atoms with Crippen LogP contribution in [0.3, 0.4) is 0 Å². The van der Waals surface area contributed by atoms with Crippen LogP contribution in [0.15, 0.2) is 6.20 Å². The maximum Gasteiger partial charge on any atom is 0.0526 e. The molecule has 0 amide bonds. The van der Waals surface area contributed by atoms with Crippen molar-refractivity contribution in [2.24, 2.45) is 0 Å². The predicted octanol–water partition coefficient (Wildman–Crippen LogP) is 3.30. The third-order valence-electron chi connectivity index (χ3n) is 3.83. The summed E-state index contributed by atoms with van der Waals surface area (Å²) < 4.78 is 0. The molecule has 0 aliphatic heterocycles. The van der Waals surface area contributed by atoms with Crippen molar-refractivity contribution in [3.63, 3.8) is 0 Å². The van der Waals surface area contributed by atoms with Gasteiger partial charge >= 0.3 is 0 Å². The van der Waals surface area contributed by atoms with Crippen molar-refractivity contribution in [2.75, 3.05) is 13.6 Å². The van der Waals surface area contributed by atoms with Crippen LogP contribution in [0.5, 0.6) is 0 Å². The summed E-state index contributed by atoms with van der Waals surface area (Å²) >= 11 is 0. The number of hydrogen-bond donors (Lipinski definition) is 1. The van der Waals surface area contributed by atoms with Gasteiger partial charge in [-0.15, -0.1) is 0 Å². The highest BCUT2D eigenvalue weighted by atomic mass is 15.2. The van der Waals surface area contributed by atoms with E-state index in [4.69, 9.17) is 0 Å². The van der Waals surface area contributed by atoms with E-state index < -0.39 is 0 Å². The van der Waals surface area contributed by atoms with E-state index >= 15 is 0 Å². The predicted molar refractivity (Wildman–Crippen MR) is 71.0 cm³/mol. The Morgan fingerprint density at radius 2 is 2.12 bits per heavy atom. The summed E-state index contributed by atoms with van der Waals surface area (Å²) in [6.45, 7) is 4.40. The largest absolute Gasteiger partial charge is 0.301 e. The summed E-state index contributed by atoms with van der Waals surface area (Å²) in [5, 5.41) is 7.46. The quantitative estimate of drug-likeness (QED) is 0.849. The van der Waals surface area contributed by atoms with Crippen LogP contribution < -0.4 is 0 Å². The van der Waals surface area contributed by atoms with Crippen LogP contribution in [0.25, 0.3) is 0 Å². The molecular formula is C14H25N3. The number of H-pyrrole nitrogens is 1. The Balaban J connectivity index is 2.00. The lowest BCUT2D eigenvalue weighted by molar-refractivity contribution is 0.320. The van der Waals surface area contributed by atoms with Crippen LogP contribution in [0.4, 0.5) is 0 Å². The second-order valence-electron chi connectivity index (χ2n) is 5.38. The van der Waals surface area contributed by atoms with Crippen molar-refractivity contribution in [1.82, 2.24) is 15.1 Å². The molecule has 1 aliphatic rings. The zero-order valence-electron chi connectivity index (χ0n) is 11.2. The van der Waals surface area contributed by atoms with Gasteiger partial charge in [-0.3, -0.25) is 5.10 Å². The van der Waals surface area contributed by atoms with Crippen LogP contribution in [0, 0.1) is 0 Å². The number of rotatable bonds is 5. The lowest BCUT2D eigenvalue weighted by Gasteiger charge is -2.23. The molecule has 96 valence electrons. The Bertz CT molecular complexity index is 326. The van der Waals surface area contributed by atoms with Crippen molar-refractivity contribution in [2.45, 2.75) is 57.9 Å². The molecule has 1 aliphatic carbocycles. The first-order valence-corrected chi connectivity index (χ1v) is 7.02. The molecule has 1 heterocycles. The summed E-state index contributed by atoms with van der Waals surface area (Å²) in [4.78, 5) is 2.37. The summed E-state index contributed by atoms with van der Waals surface area (Å²) in [7, 11) is 2.19. The van der Waals surface area contributed by atoms with Gasteiger partial charge in [0.05, 0.1) is 11.9 Å². The summed E-state index contributed by atoms with van der Waals surface area (Å²) in [6, 6.07) is 0. The molecule has 0 radical (unpaired) electrons. The topological polar surface area (TPSA) is 31.9 Å². The minimum atomic E-state index is 0.757. The van der Waals surface area contributed by atoms with E-state index in [2.05, 4.69) is 35.3 Å². The Morgan fingerprint density at radius 1 is 1.35 bits per heavy atom. The van der Waals surface area contributed by atoms with E-state index in [1.165, 1.54) is 49.8 Å². The highest BCUT2D eigenvalue weighted by Crippen LogP contribution is 2.33. The molecule has 0 saturated heterocycles. The number of hydrogen-bond acceptors (Lipinski definition) is 2. The lowest BCUT2D eigenvalue weighted by atomic mass is 9.84. The van der Waals surface area contributed by atoms with Crippen LogP contribution >= 0.6 is 0 Å². The minimum Gasteiger partial charge on any atom is -0.301 e. The molecule has 1 saturated carbocycles. The van der Waals surface area contributed by atoms with E-state index in [0.29, 0.717) is 0 Å². The van der Waals surface area contributed by atoms with Gasteiger partial charge in [0.1, 0.15) is 0 Å². The number of nitrogens with one attached hydrogen (secondary N) is 1. The summed E-state index contributed by atoms with van der Waals surface area (Å²) in [5.41, 5.74) is 2.82. The Hall–Kier alpha value is -0.830. The standard InChI is InChI=1S/C14H25N3/c1-3-9-17(2)11-14-13(10-15-16-14)12-7-5-4-6-8-12/h10,12H,3-9,11H2,1-2H3,(H,15,16). The highest BCUT2D eigenvalue weighted by molar-refractivity contribution is 5.21. The summed E-state index contributed by atoms with van der Waals surface area (Å²) in [5.74, 6) is 0.757. The molecule has 3 nitrogen and oxygen atoms in total. The van der Waals surface area contributed by atoms with Crippen molar-refractivity contribution in [3.05, 3.63) is 17.5 Å². The molecule has 0 bridgehead atoms. The molecule has 1 fully saturated rings. The molecule has 3 heteroatoms. The zero-order chi connectivity index (χ0) is 12.1. The molecule has 1 aromatic rings. The first-order chi connectivity index (χ1) is 8.31. The molecular weight excluding hydrogens is 210 g/mol. The first-order valence-electron chi connectivity index (χ1n) is 7.02. The van der Waals surface area contributed by atoms with Crippen molar-refractivity contribution in [1.29, 1.82) is 0 Å². The molecule has 1 N–H and O–H groups in total. The first kappa shape index (κ1) is 12.6. The average molecular weight is 235 g/mol. The van der Waals surface area contributed by atoms with Gasteiger partial charge in [-0.2, -0.15) is 5.10 Å². The van der Waals surface area contributed by atoms with E-state index in [9.17, 15) is 0 Å². The van der Waals surface area contributed by atoms with Gasteiger partial charge in [0, 0.05) is 6.54 Å². The Kier molecular flexibility index (Phi) is 4.60. The normalized spacial score (nSPS) is 17.8. The maximum absolute atomic E-state index is 4.26. The smallest absolute Gasteiger partial charge is 0.0526 e. The second-order valence-corrected chi connectivity index (χ2v) is 5.38. The third-order valence-corrected chi connectivity index (χ3v) is 3.83. The van der Waals surface area contributed by atoms with Crippen LogP contribution in [0.1, 0.15) is 62.6 Å². The molecule has 17 heavy (non-hydrogen) atoms. The van der Waals surface area contributed by atoms with Crippen molar-refractivity contribution in [3.8, 4) is 0 Å². The molecule has 0 aromatic carbocycles. The van der Waals surface area contributed by atoms with Crippen LogP contribution in [-0.4, -0.2) is 28.7 Å². The monoisotopic (exact) mass is 235 g/mol. The van der Waals surface area contributed by atoms with Crippen molar-refractivity contribution < 1.29 is 0 Å². The average Bonchev–Trinajstić information content (AvgIpc) is 2.78. The number of nitrogens with zero attached hydrogens (tertiary/aromatic N) is 2. The number of aromatic nitrogens is 2. The fraction of sp³-hybridized carbons (Fsp3) is 0.786. The third kappa shape index (κ3) is 3.32. The van der Waals surface area contributed by atoms with E-state index in [-0.39, 0.29) is 0 Å². The molecule has 0 spiro atoms. The maximum atomic E-state index is 4.26. The Morgan fingerprint density at radius 3 is 2.82 bits per heavy atom. The summed E-state index contributed by atoms with van der Waals surface area (Å²) in [6.07, 6.45) is 10.2. The SMILES string of the molecule is CCCN(C)Cc1[nH]ncc1C1CCCCC1. The highest BCUT2D eigenvalue weighted by Gasteiger charge is 2.20. The van der Waals surface area contributed by atoms with Gasteiger partial charge in [0.2, 0.25) is 0 Å². The Labute approximate surface area is 105 Å².